The average Bonchev–Trinajstić information content (AvgIpc) is 2.17. The predicted molar refractivity (Wildman–Crippen MR) is 59.0 cm³/mol. The molecule has 4 heteroatoms. The topological polar surface area (TPSA) is 66.2 Å². The SMILES string of the molecule is COc1cc(C(=N)OC(C)=N)ccc1C. The Morgan fingerprint density at radius 1 is 1.27 bits per heavy atom. The van der Waals surface area contributed by atoms with Crippen molar-refractivity contribution in [2.45, 2.75) is 13.8 Å². The second-order valence-electron chi connectivity index (χ2n) is 3.17. The molecule has 0 saturated carbocycles. The largest absolute Gasteiger partial charge is 0.496 e. The van der Waals surface area contributed by atoms with Crippen molar-refractivity contribution in [3.05, 3.63) is 29.3 Å². The maximum atomic E-state index is 7.58. The highest BCUT2D eigenvalue weighted by Crippen LogP contribution is 2.19. The number of benzene rings is 1. The molecule has 0 radical (unpaired) electrons. The molecule has 0 aliphatic heterocycles. The number of methoxy groups -OCH3 is 1. The van der Waals surface area contributed by atoms with E-state index in [1.165, 1.54) is 6.92 Å². The smallest absolute Gasteiger partial charge is 0.220 e. The van der Waals surface area contributed by atoms with Gasteiger partial charge in [0.25, 0.3) is 0 Å². The fourth-order valence-electron chi connectivity index (χ4n) is 1.17. The lowest BCUT2D eigenvalue weighted by Crippen LogP contribution is -2.09. The van der Waals surface area contributed by atoms with Gasteiger partial charge in [0, 0.05) is 12.5 Å². The molecule has 1 rings (SSSR count). The van der Waals surface area contributed by atoms with E-state index >= 15 is 0 Å². The van der Waals surface area contributed by atoms with Gasteiger partial charge in [-0.2, -0.15) is 0 Å². The van der Waals surface area contributed by atoms with Crippen LogP contribution in [0.3, 0.4) is 0 Å². The van der Waals surface area contributed by atoms with E-state index in [4.69, 9.17) is 20.3 Å². The highest BCUT2D eigenvalue weighted by molar-refractivity contribution is 5.98. The van der Waals surface area contributed by atoms with Crippen LogP contribution in [0.1, 0.15) is 18.1 Å². The lowest BCUT2D eigenvalue weighted by Gasteiger charge is -2.08. The summed E-state index contributed by atoms with van der Waals surface area (Å²) in [5, 5.41) is 14.7. The fourth-order valence-corrected chi connectivity index (χ4v) is 1.17. The Morgan fingerprint density at radius 3 is 2.47 bits per heavy atom. The van der Waals surface area contributed by atoms with Crippen LogP contribution in [0, 0.1) is 17.7 Å². The van der Waals surface area contributed by atoms with Crippen LogP contribution in [-0.4, -0.2) is 18.9 Å². The molecule has 0 unspecified atom stereocenters. The van der Waals surface area contributed by atoms with Gasteiger partial charge in [0.2, 0.25) is 5.90 Å². The van der Waals surface area contributed by atoms with Gasteiger partial charge in [-0.15, -0.1) is 0 Å². The quantitative estimate of drug-likeness (QED) is 0.576. The molecule has 0 saturated heterocycles. The van der Waals surface area contributed by atoms with Gasteiger partial charge in [0.05, 0.1) is 7.11 Å². The molecule has 4 nitrogen and oxygen atoms in total. The molecule has 0 fully saturated rings. The summed E-state index contributed by atoms with van der Waals surface area (Å²) in [6.07, 6.45) is 0. The van der Waals surface area contributed by atoms with Crippen LogP contribution in [0.4, 0.5) is 0 Å². The number of hydrogen-bond donors (Lipinski definition) is 2. The zero-order valence-electron chi connectivity index (χ0n) is 9.05. The fraction of sp³-hybridized carbons (Fsp3) is 0.273. The van der Waals surface area contributed by atoms with E-state index < -0.39 is 0 Å². The third-order valence-corrected chi connectivity index (χ3v) is 1.93. The molecule has 1 aromatic carbocycles. The highest BCUT2D eigenvalue weighted by atomic mass is 16.5. The standard InChI is InChI=1S/C11H14N2O2/c1-7-4-5-9(6-10(7)14-3)11(13)15-8(2)12/h4-6,12-13H,1-3H3. The first-order valence-corrected chi connectivity index (χ1v) is 4.51. The van der Waals surface area contributed by atoms with Crippen molar-refractivity contribution in [3.8, 4) is 5.75 Å². The molecule has 0 spiro atoms. The summed E-state index contributed by atoms with van der Waals surface area (Å²) in [5.74, 6) is 0.670. The molecule has 15 heavy (non-hydrogen) atoms. The maximum Gasteiger partial charge on any atom is 0.220 e. The molecule has 0 aliphatic carbocycles. The van der Waals surface area contributed by atoms with Crippen molar-refractivity contribution in [1.82, 2.24) is 0 Å². The van der Waals surface area contributed by atoms with Crippen LogP contribution in [0.2, 0.25) is 0 Å². The van der Waals surface area contributed by atoms with E-state index in [1.54, 1.807) is 19.2 Å². The first-order valence-electron chi connectivity index (χ1n) is 4.51. The molecule has 2 N–H and O–H groups in total. The Hall–Kier alpha value is -1.84. The molecule has 0 atom stereocenters. The van der Waals surface area contributed by atoms with Crippen molar-refractivity contribution in [2.24, 2.45) is 0 Å². The summed E-state index contributed by atoms with van der Waals surface area (Å²) < 4.78 is 10.0. The monoisotopic (exact) mass is 206 g/mol. The van der Waals surface area contributed by atoms with Crippen LogP contribution >= 0.6 is 0 Å². The Labute approximate surface area is 88.9 Å². The number of nitrogens with one attached hydrogen (secondary N) is 2. The summed E-state index contributed by atoms with van der Waals surface area (Å²) in [6.45, 7) is 3.41. The van der Waals surface area contributed by atoms with Gasteiger partial charge < -0.3 is 9.47 Å². The highest BCUT2D eigenvalue weighted by Gasteiger charge is 2.06. The third-order valence-electron chi connectivity index (χ3n) is 1.93. The Bertz CT molecular complexity index is 400. The van der Waals surface area contributed by atoms with E-state index in [-0.39, 0.29) is 11.8 Å². The van der Waals surface area contributed by atoms with E-state index in [0.717, 1.165) is 5.56 Å². The summed E-state index contributed by atoms with van der Waals surface area (Å²) in [6, 6.07) is 5.34. The van der Waals surface area contributed by atoms with Crippen LogP contribution in [-0.2, 0) is 4.74 Å². The molecule has 0 aromatic heterocycles. The molecule has 0 heterocycles. The maximum absolute atomic E-state index is 7.58. The molecule has 0 bridgehead atoms. The van der Waals surface area contributed by atoms with Crippen molar-refractivity contribution in [3.63, 3.8) is 0 Å². The minimum absolute atomic E-state index is 0.000424. The second-order valence-corrected chi connectivity index (χ2v) is 3.17. The Morgan fingerprint density at radius 2 is 1.93 bits per heavy atom. The number of ether oxygens (including phenoxy) is 2. The molecule has 0 aliphatic rings. The van der Waals surface area contributed by atoms with Crippen LogP contribution in [0.25, 0.3) is 0 Å². The summed E-state index contributed by atoms with van der Waals surface area (Å²) in [4.78, 5) is 0. The van der Waals surface area contributed by atoms with Gasteiger partial charge >= 0.3 is 0 Å². The normalized spacial score (nSPS) is 9.53. The number of hydrogen-bond acceptors (Lipinski definition) is 4. The number of rotatable bonds is 2. The summed E-state index contributed by atoms with van der Waals surface area (Å²) in [5.41, 5.74) is 1.60. The molecule has 0 amide bonds. The van der Waals surface area contributed by atoms with Crippen LogP contribution in [0.15, 0.2) is 18.2 Å². The van der Waals surface area contributed by atoms with Crippen molar-refractivity contribution in [1.29, 1.82) is 10.8 Å². The first kappa shape index (κ1) is 11.2. The summed E-state index contributed by atoms with van der Waals surface area (Å²) in [7, 11) is 1.58. The van der Waals surface area contributed by atoms with Crippen LogP contribution in [0.5, 0.6) is 5.75 Å². The van der Waals surface area contributed by atoms with E-state index in [2.05, 4.69) is 0 Å². The van der Waals surface area contributed by atoms with Gasteiger partial charge in [0.1, 0.15) is 5.75 Å². The minimum Gasteiger partial charge on any atom is -0.496 e. The average molecular weight is 206 g/mol. The first-order chi connectivity index (χ1) is 7.04. The molecule has 80 valence electrons. The lowest BCUT2D eigenvalue weighted by atomic mass is 10.1. The zero-order valence-corrected chi connectivity index (χ0v) is 9.05. The van der Waals surface area contributed by atoms with Crippen molar-refractivity contribution < 1.29 is 9.47 Å². The van der Waals surface area contributed by atoms with Gasteiger partial charge in [-0.3, -0.25) is 10.8 Å². The second kappa shape index (κ2) is 4.59. The Balaban J connectivity index is 2.95. The van der Waals surface area contributed by atoms with E-state index in [0.29, 0.717) is 11.3 Å². The predicted octanol–water partition coefficient (Wildman–Crippen LogP) is 2.34. The summed E-state index contributed by atoms with van der Waals surface area (Å²) >= 11 is 0. The molecular weight excluding hydrogens is 192 g/mol. The Kier molecular flexibility index (Phi) is 3.44. The molecule has 1 aromatic rings. The van der Waals surface area contributed by atoms with E-state index in [1.807, 2.05) is 13.0 Å². The van der Waals surface area contributed by atoms with Crippen molar-refractivity contribution >= 4 is 11.8 Å². The van der Waals surface area contributed by atoms with Gasteiger partial charge in [-0.1, -0.05) is 6.07 Å². The molecular formula is C11H14N2O2. The van der Waals surface area contributed by atoms with Crippen LogP contribution < -0.4 is 4.74 Å². The van der Waals surface area contributed by atoms with Crippen molar-refractivity contribution in [2.75, 3.05) is 7.11 Å². The minimum atomic E-state index is -0.0409. The third kappa shape index (κ3) is 2.80. The van der Waals surface area contributed by atoms with Gasteiger partial charge in [-0.05, 0) is 24.6 Å². The number of aryl methyl sites for hydroxylation is 1. The van der Waals surface area contributed by atoms with E-state index in [9.17, 15) is 0 Å². The van der Waals surface area contributed by atoms with Gasteiger partial charge in [0.15, 0.2) is 5.90 Å². The van der Waals surface area contributed by atoms with Gasteiger partial charge in [-0.25, -0.2) is 0 Å². The zero-order chi connectivity index (χ0) is 11.4. The lowest BCUT2D eigenvalue weighted by molar-refractivity contribution is 0.411.